The molecule has 0 spiro atoms. The Morgan fingerprint density at radius 3 is 2.59 bits per heavy atom. The number of carbonyl (C=O) groups excluding carboxylic acids is 1. The van der Waals surface area contributed by atoms with Crippen LogP contribution in [0.15, 0.2) is 78.5 Å². The van der Waals surface area contributed by atoms with Gasteiger partial charge in [0.1, 0.15) is 5.75 Å². The van der Waals surface area contributed by atoms with Crippen molar-refractivity contribution in [3.63, 3.8) is 0 Å². The molecule has 146 valence electrons. The van der Waals surface area contributed by atoms with Crippen LogP contribution < -0.4 is 10.1 Å². The van der Waals surface area contributed by atoms with Crippen molar-refractivity contribution in [2.45, 2.75) is 5.16 Å². The highest BCUT2D eigenvalue weighted by Gasteiger charge is 2.17. The Balaban J connectivity index is 1.55. The number of amides is 1. The Bertz CT molecular complexity index is 1100. The minimum atomic E-state index is -0.160. The first kappa shape index (κ1) is 18.8. The fraction of sp³-hybridized carbons (Fsp3) is 0.100. The van der Waals surface area contributed by atoms with Crippen molar-refractivity contribution in [3.8, 4) is 17.1 Å². The second kappa shape index (κ2) is 8.61. The van der Waals surface area contributed by atoms with Crippen molar-refractivity contribution in [1.29, 1.82) is 0 Å². The first-order valence-electron chi connectivity index (χ1n) is 8.81. The third kappa shape index (κ3) is 4.14. The molecule has 0 saturated carbocycles. The summed E-state index contributed by atoms with van der Waals surface area (Å²) in [4.78, 5) is 16.5. The standard InChI is InChI=1S/C20H18N6O2S/c1-28-17-7-3-2-6-16(17)22-18(27)14-29-20-24-23-19(15-8-10-21-11-9-15)26(20)25-12-4-5-13-25/h2-13H,14H2,1H3,(H,22,27). The van der Waals surface area contributed by atoms with E-state index in [0.29, 0.717) is 22.4 Å². The minimum Gasteiger partial charge on any atom is -0.495 e. The molecule has 0 unspecified atom stereocenters. The van der Waals surface area contributed by atoms with Crippen LogP contribution in [0.4, 0.5) is 5.69 Å². The van der Waals surface area contributed by atoms with Crippen LogP contribution in [0, 0.1) is 0 Å². The van der Waals surface area contributed by atoms with Gasteiger partial charge in [-0.1, -0.05) is 23.9 Å². The van der Waals surface area contributed by atoms with E-state index in [1.807, 2.05) is 58.1 Å². The largest absolute Gasteiger partial charge is 0.495 e. The number of aromatic nitrogens is 5. The van der Waals surface area contributed by atoms with Crippen molar-refractivity contribution in [2.24, 2.45) is 0 Å². The molecule has 3 aromatic heterocycles. The third-order valence-corrected chi connectivity index (χ3v) is 5.00. The van der Waals surface area contributed by atoms with Gasteiger partial charge < -0.3 is 10.1 Å². The zero-order valence-corrected chi connectivity index (χ0v) is 16.4. The molecule has 0 aliphatic rings. The summed E-state index contributed by atoms with van der Waals surface area (Å²) in [6.07, 6.45) is 7.20. The fourth-order valence-electron chi connectivity index (χ4n) is 2.77. The van der Waals surface area contributed by atoms with Gasteiger partial charge in [0.15, 0.2) is 5.82 Å². The molecule has 0 radical (unpaired) electrons. The number of nitrogens with zero attached hydrogens (tertiary/aromatic N) is 5. The average molecular weight is 406 g/mol. The number of hydrogen-bond acceptors (Lipinski definition) is 6. The molecule has 0 aliphatic carbocycles. The maximum absolute atomic E-state index is 12.5. The van der Waals surface area contributed by atoms with Crippen LogP contribution in [0.2, 0.25) is 0 Å². The lowest BCUT2D eigenvalue weighted by Crippen LogP contribution is -2.16. The van der Waals surface area contributed by atoms with Crippen LogP contribution in [-0.2, 0) is 4.79 Å². The smallest absolute Gasteiger partial charge is 0.234 e. The highest BCUT2D eigenvalue weighted by molar-refractivity contribution is 7.99. The van der Waals surface area contributed by atoms with Crippen molar-refractivity contribution in [2.75, 3.05) is 18.2 Å². The Hall–Kier alpha value is -3.59. The number of pyridine rings is 1. The summed E-state index contributed by atoms with van der Waals surface area (Å²) in [5, 5.41) is 12.1. The summed E-state index contributed by atoms with van der Waals surface area (Å²) in [6, 6.07) is 14.9. The zero-order valence-electron chi connectivity index (χ0n) is 15.6. The monoisotopic (exact) mass is 406 g/mol. The first-order valence-corrected chi connectivity index (χ1v) is 9.80. The number of anilines is 1. The van der Waals surface area contributed by atoms with Crippen molar-refractivity contribution < 1.29 is 9.53 Å². The van der Waals surface area contributed by atoms with Gasteiger partial charge in [-0.2, -0.15) is 0 Å². The topological polar surface area (TPSA) is 86.9 Å². The predicted octanol–water partition coefficient (Wildman–Crippen LogP) is 3.19. The van der Waals surface area contributed by atoms with E-state index in [4.69, 9.17) is 4.74 Å². The minimum absolute atomic E-state index is 0.160. The molecule has 8 nitrogen and oxygen atoms in total. The molecule has 0 saturated heterocycles. The molecule has 4 aromatic rings. The third-order valence-electron chi connectivity index (χ3n) is 4.08. The van der Waals surface area contributed by atoms with Gasteiger partial charge in [-0.15, -0.1) is 10.2 Å². The predicted molar refractivity (Wildman–Crippen MR) is 111 cm³/mol. The van der Waals surface area contributed by atoms with Crippen molar-refractivity contribution in [3.05, 3.63) is 73.3 Å². The number of thioether (sulfide) groups is 1. The van der Waals surface area contributed by atoms with Gasteiger partial charge in [-0.05, 0) is 36.4 Å². The van der Waals surface area contributed by atoms with Gasteiger partial charge in [0, 0.05) is 30.4 Å². The maximum Gasteiger partial charge on any atom is 0.234 e. The zero-order chi connectivity index (χ0) is 20.1. The molecule has 1 aromatic carbocycles. The van der Waals surface area contributed by atoms with Gasteiger partial charge in [0.2, 0.25) is 11.1 Å². The summed E-state index contributed by atoms with van der Waals surface area (Å²) in [6.45, 7) is 0. The molecule has 1 N–H and O–H groups in total. The lowest BCUT2D eigenvalue weighted by molar-refractivity contribution is -0.113. The second-order valence-corrected chi connectivity index (χ2v) is 6.90. The molecule has 0 fully saturated rings. The van der Waals surface area contributed by atoms with Crippen molar-refractivity contribution in [1.82, 2.24) is 24.5 Å². The summed E-state index contributed by atoms with van der Waals surface area (Å²) >= 11 is 1.30. The summed E-state index contributed by atoms with van der Waals surface area (Å²) in [7, 11) is 1.57. The quantitative estimate of drug-likeness (QED) is 0.474. The van der Waals surface area contributed by atoms with Crippen molar-refractivity contribution >= 4 is 23.4 Å². The highest BCUT2D eigenvalue weighted by Crippen LogP contribution is 2.26. The number of hydrogen-bond donors (Lipinski definition) is 1. The summed E-state index contributed by atoms with van der Waals surface area (Å²) in [5.41, 5.74) is 1.51. The Morgan fingerprint density at radius 1 is 1.07 bits per heavy atom. The van der Waals surface area contributed by atoms with Crippen LogP contribution in [0.3, 0.4) is 0 Å². The molecular formula is C20H18N6O2S. The second-order valence-electron chi connectivity index (χ2n) is 5.95. The van der Waals surface area contributed by atoms with E-state index in [9.17, 15) is 4.79 Å². The van der Waals surface area contributed by atoms with E-state index in [0.717, 1.165) is 5.56 Å². The molecule has 29 heavy (non-hydrogen) atoms. The Morgan fingerprint density at radius 2 is 1.83 bits per heavy atom. The van der Waals surface area contributed by atoms with Crippen LogP contribution >= 0.6 is 11.8 Å². The van der Waals surface area contributed by atoms with E-state index in [1.165, 1.54) is 11.8 Å². The van der Waals surface area contributed by atoms with E-state index in [1.54, 1.807) is 31.6 Å². The number of ether oxygens (including phenoxy) is 1. The van der Waals surface area contributed by atoms with Crippen LogP contribution in [0.5, 0.6) is 5.75 Å². The summed E-state index contributed by atoms with van der Waals surface area (Å²) in [5.74, 6) is 1.29. The number of benzene rings is 1. The van der Waals surface area contributed by atoms with Crippen LogP contribution in [-0.4, -0.2) is 43.3 Å². The molecule has 0 aliphatic heterocycles. The SMILES string of the molecule is COc1ccccc1NC(=O)CSc1nnc(-c2ccncc2)n1-n1cccc1. The number of carbonyl (C=O) groups is 1. The molecular weight excluding hydrogens is 388 g/mol. The number of methoxy groups -OCH3 is 1. The molecule has 1 amide bonds. The number of rotatable bonds is 7. The molecule has 0 atom stereocenters. The fourth-order valence-corrected chi connectivity index (χ4v) is 3.50. The lowest BCUT2D eigenvalue weighted by atomic mass is 10.2. The van der Waals surface area contributed by atoms with Gasteiger partial charge in [-0.3, -0.25) is 14.5 Å². The average Bonchev–Trinajstić information content (AvgIpc) is 3.43. The highest BCUT2D eigenvalue weighted by atomic mass is 32.2. The summed E-state index contributed by atoms with van der Waals surface area (Å²) < 4.78 is 9.00. The number of para-hydroxylation sites is 2. The first-order chi connectivity index (χ1) is 14.3. The van der Waals surface area contributed by atoms with E-state index < -0.39 is 0 Å². The Labute approximate surface area is 171 Å². The van der Waals surface area contributed by atoms with Crippen LogP contribution in [0.25, 0.3) is 11.4 Å². The van der Waals surface area contributed by atoms with Gasteiger partial charge in [0.25, 0.3) is 0 Å². The molecule has 9 heteroatoms. The van der Waals surface area contributed by atoms with E-state index in [2.05, 4.69) is 20.5 Å². The van der Waals surface area contributed by atoms with Crippen LogP contribution in [0.1, 0.15) is 0 Å². The number of nitrogens with one attached hydrogen (secondary N) is 1. The van der Waals surface area contributed by atoms with Gasteiger partial charge in [0.05, 0.1) is 18.6 Å². The van der Waals surface area contributed by atoms with Gasteiger partial charge in [-0.25, -0.2) is 4.68 Å². The normalized spacial score (nSPS) is 10.7. The lowest BCUT2D eigenvalue weighted by Gasteiger charge is -2.12. The van der Waals surface area contributed by atoms with E-state index in [-0.39, 0.29) is 11.7 Å². The van der Waals surface area contributed by atoms with E-state index >= 15 is 0 Å². The Kier molecular flexibility index (Phi) is 5.57. The van der Waals surface area contributed by atoms with Gasteiger partial charge >= 0.3 is 0 Å². The molecule has 4 rings (SSSR count). The maximum atomic E-state index is 12.5. The molecule has 3 heterocycles. The molecule has 0 bridgehead atoms.